The number of rotatable bonds is 4. The van der Waals surface area contributed by atoms with Crippen LogP contribution in [0.3, 0.4) is 0 Å². The zero-order valence-corrected chi connectivity index (χ0v) is 13.1. The third kappa shape index (κ3) is 3.90. The number of carbonyl (C=O) groups excluding carboxylic acids is 1. The van der Waals surface area contributed by atoms with Crippen molar-refractivity contribution in [1.29, 1.82) is 0 Å². The highest BCUT2D eigenvalue weighted by Crippen LogP contribution is 2.19. The molecule has 1 aromatic heterocycles. The Morgan fingerprint density at radius 1 is 1.09 bits per heavy atom. The van der Waals surface area contributed by atoms with E-state index in [9.17, 15) is 4.79 Å². The first-order chi connectivity index (χ1) is 11.1. The number of aryl methyl sites for hydroxylation is 1. The summed E-state index contributed by atoms with van der Waals surface area (Å²) in [6, 6.07) is 15.9. The number of halogens is 1. The molecule has 1 amide bonds. The Balaban J connectivity index is 1.66. The number of anilines is 3. The number of aromatic nitrogens is 1. The topological polar surface area (TPSA) is 67.2 Å². The third-order valence-electron chi connectivity index (χ3n) is 3.13. The van der Waals surface area contributed by atoms with Crippen molar-refractivity contribution in [2.75, 3.05) is 10.6 Å². The first-order valence-corrected chi connectivity index (χ1v) is 7.35. The summed E-state index contributed by atoms with van der Waals surface area (Å²) in [6.45, 7) is 1.83. The maximum absolute atomic E-state index is 12.1. The number of nitrogens with zero attached hydrogens (tertiary/aromatic N) is 1. The summed E-state index contributed by atoms with van der Waals surface area (Å²) < 4.78 is 4.99. The van der Waals surface area contributed by atoms with Crippen LogP contribution in [0.4, 0.5) is 17.2 Å². The molecule has 0 bridgehead atoms. The van der Waals surface area contributed by atoms with E-state index >= 15 is 0 Å². The lowest BCUT2D eigenvalue weighted by molar-refractivity contribution is 0.102. The lowest BCUT2D eigenvalue weighted by Crippen LogP contribution is -2.11. The van der Waals surface area contributed by atoms with Gasteiger partial charge in [-0.3, -0.25) is 4.79 Å². The van der Waals surface area contributed by atoms with Crippen LogP contribution in [0.2, 0.25) is 5.02 Å². The van der Waals surface area contributed by atoms with Gasteiger partial charge in [-0.05, 0) is 49.4 Å². The maximum Gasteiger partial charge on any atom is 0.255 e. The van der Waals surface area contributed by atoms with Gasteiger partial charge in [0.05, 0.1) is 0 Å². The van der Waals surface area contributed by atoms with Gasteiger partial charge in [0.25, 0.3) is 5.91 Å². The van der Waals surface area contributed by atoms with Crippen LogP contribution in [0, 0.1) is 6.92 Å². The average molecular weight is 328 g/mol. The fourth-order valence-corrected chi connectivity index (χ4v) is 2.23. The SMILES string of the molecule is Cc1cc(Nc2ccc(NC(=O)c3cccc(Cl)c3)cc2)no1. The minimum atomic E-state index is -0.208. The summed E-state index contributed by atoms with van der Waals surface area (Å²) in [4.78, 5) is 12.1. The van der Waals surface area contributed by atoms with E-state index in [1.807, 2.05) is 19.1 Å². The van der Waals surface area contributed by atoms with Gasteiger partial charge in [0.15, 0.2) is 5.82 Å². The minimum Gasteiger partial charge on any atom is -0.360 e. The molecule has 0 aliphatic heterocycles. The highest BCUT2D eigenvalue weighted by Gasteiger charge is 2.07. The highest BCUT2D eigenvalue weighted by atomic mass is 35.5. The summed E-state index contributed by atoms with van der Waals surface area (Å²) in [5.41, 5.74) is 2.05. The molecule has 3 rings (SSSR count). The molecule has 116 valence electrons. The normalized spacial score (nSPS) is 10.3. The van der Waals surface area contributed by atoms with E-state index in [0.717, 1.165) is 11.4 Å². The minimum absolute atomic E-state index is 0.208. The molecule has 0 unspecified atom stereocenters. The highest BCUT2D eigenvalue weighted by molar-refractivity contribution is 6.31. The quantitative estimate of drug-likeness (QED) is 0.733. The zero-order valence-electron chi connectivity index (χ0n) is 12.3. The van der Waals surface area contributed by atoms with Crippen molar-refractivity contribution in [3.8, 4) is 0 Å². The lowest BCUT2D eigenvalue weighted by Gasteiger charge is -2.07. The predicted octanol–water partition coefficient (Wildman–Crippen LogP) is 4.63. The number of nitrogens with one attached hydrogen (secondary N) is 2. The summed E-state index contributed by atoms with van der Waals surface area (Å²) in [5.74, 6) is 1.16. The van der Waals surface area contributed by atoms with Gasteiger partial charge in [-0.1, -0.05) is 22.8 Å². The molecule has 0 aliphatic rings. The number of benzene rings is 2. The second-order valence-electron chi connectivity index (χ2n) is 4.99. The molecule has 0 fully saturated rings. The van der Waals surface area contributed by atoms with Crippen molar-refractivity contribution in [3.05, 3.63) is 70.9 Å². The van der Waals surface area contributed by atoms with Crippen LogP contribution in [0.15, 0.2) is 59.1 Å². The largest absolute Gasteiger partial charge is 0.360 e. The number of amides is 1. The molecular weight excluding hydrogens is 314 g/mol. The molecule has 0 atom stereocenters. The van der Waals surface area contributed by atoms with Crippen molar-refractivity contribution < 1.29 is 9.32 Å². The van der Waals surface area contributed by atoms with Gasteiger partial charge in [0.2, 0.25) is 0 Å². The van der Waals surface area contributed by atoms with E-state index in [1.54, 1.807) is 42.5 Å². The maximum atomic E-state index is 12.1. The van der Waals surface area contributed by atoms with Crippen molar-refractivity contribution in [1.82, 2.24) is 5.16 Å². The molecule has 23 heavy (non-hydrogen) atoms. The molecule has 0 saturated carbocycles. The number of hydrogen-bond donors (Lipinski definition) is 2. The standard InChI is InChI=1S/C17H14ClN3O2/c1-11-9-16(21-23-11)19-14-5-7-15(8-6-14)20-17(22)12-3-2-4-13(18)10-12/h2-10H,1H3,(H,19,21)(H,20,22). The van der Waals surface area contributed by atoms with E-state index in [1.165, 1.54) is 0 Å². The van der Waals surface area contributed by atoms with E-state index in [4.69, 9.17) is 16.1 Å². The van der Waals surface area contributed by atoms with Gasteiger partial charge in [-0.15, -0.1) is 0 Å². The van der Waals surface area contributed by atoms with Crippen LogP contribution >= 0.6 is 11.6 Å². The molecule has 0 aliphatic carbocycles. The smallest absolute Gasteiger partial charge is 0.255 e. The summed E-state index contributed by atoms with van der Waals surface area (Å²) in [6.07, 6.45) is 0. The monoisotopic (exact) mass is 327 g/mol. The van der Waals surface area contributed by atoms with Crippen LogP contribution in [0.5, 0.6) is 0 Å². The average Bonchev–Trinajstić information content (AvgIpc) is 2.94. The Kier molecular flexibility index (Phi) is 4.30. The fraction of sp³-hybridized carbons (Fsp3) is 0.0588. The fourth-order valence-electron chi connectivity index (χ4n) is 2.04. The summed E-state index contributed by atoms with van der Waals surface area (Å²) >= 11 is 5.89. The van der Waals surface area contributed by atoms with E-state index in [-0.39, 0.29) is 5.91 Å². The molecule has 0 radical (unpaired) electrons. The van der Waals surface area contributed by atoms with Gasteiger partial charge in [0.1, 0.15) is 5.76 Å². The molecule has 3 aromatic rings. The molecule has 0 spiro atoms. The summed E-state index contributed by atoms with van der Waals surface area (Å²) in [5, 5.41) is 10.3. The molecule has 2 N–H and O–H groups in total. The van der Waals surface area contributed by atoms with Crippen molar-refractivity contribution >= 4 is 34.7 Å². The molecule has 0 saturated heterocycles. The molecular formula is C17H14ClN3O2. The number of carbonyl (C=O) groups is 1. The lowest BCUT2D eigenvalue weighted by atomic mass is 10.2. The van der Waals surface area contributed by atoms with Gasteiger partial charge in [-0.2, -0.15) is 0 Å². The van der Waals surface area contributed by atoms with Crippen LogP contribution in [-0.4, -0.2) is 11.1 Å². The van der Waals surface area contributed by atoms with Crippen LogP contribution < -0.4 is 10.6 Å². The second kappa shape index (κ2) is 6.54. The van der Waals surface area contributed by atoms with Crippen LogP contribution in [-0.2, 0) is 0 Å². The van der Waals surface area contributed by atoms with Gasteiger partial charge in [0, 0.05) is 28.0 Å². The van der Waals surface area contributed by atoms with E-state index < -0.39 is 0 Å². The second-order valence-corrected chi connectivity index (χ2v) is 5.43. The van der Waals surface area contributed by atoms with Gasteiger partial charge >= 0.3 is 0 Å². The number of hydrogen-bond acceptors (Lipinski definition) is 4. The van der Waals surface area contributed by atoms with Crippen molar-refractivity contribution in [2.45, 2.75) is 6.92 Å². The first-order valence-electron chi connectivity index (χ1n) is 6.97. The zero-order chi connectivity index (χ0) is 16.2. The first kappa shape index (κ1) is 15.1. The van der Waals surface area contributed by atoms with Gasteiger partial charge < -0.3 is 15.2 Å². The van der Waals surface area contributed by atoms with Gasteiger partial charge in [-0.25, -0.2) is 0 Å². The van der Waals surface area contributed by atoms with E-state index in [0.29, 0.717) is 22.1 Å². The molecule has 1 heterocycles. The third-order valence-corrected chi connectivity index (χ3v) is 3.37. The van der Waals surface area contributed by atoms with Crippen molar-refractivity contribution in [2.24, 2.45) is 0 Å². The van der Waals surface area contributed by atoms with Crippen LogP contribution in [0.25, 0.3) is 0 Å². The molecule has 5 nitrogen and oxygen atoms in total. The predicted molar refractivity (Wildman–Crippen MR) is 90.4 cm³/mol. The van der Waals surface area contributed by atoms with E-state index in [2.05, 4.69) is 15.8 Å². The molecule has 2 aromatic carbocycles. The Bertz CT molecular complexity index is 828. The molecule has 6 heteroatoms. The Morgan fingerprint density at radius 2 is 1.83 bits per heavy atom. The summed E-state index contributed by atoms with van der Waals surface area (Å²) in [7, 11) is 0. The van der Waals surface area contributed by atoms with Crippen LogP contribution in [0.1, 0.15) is 16.1 Å². The van der Waals surface area contributed by atoms with Crippen molar-refractivity contribution in [3.63, 3.8) is 0 Å². The Hall–Kier alpha value is -2.79. The Morgan fingerprint density at radius 3 is 2.48 bits per heavy atom. The Labute approximate surface area is 138 Å².